The number of aromatic nitrogens is 3. The van der Waals surface area contributed by atoms with Crippen LogP contribution in [0.5, 0.6) is 0 Å². The van der Waals surface area contributed by atoms with E-state index in [0.29, 0.717) is 41.5 Å². The van der Waals surface area contributed by atoms with Gasteiger partial charge in [0, 0.05) is 21.2 Å². The molecule has 4 aromatic rings. The monoisotopic (exact) mass is 407 g/mol. The fraction of sp³-hybridized carbons (Fsp3) is 0. The third kappa shape index (κ3) is 2.93. The van der Waals surface area contributed by atoms with Crippen molar-refractivity contribution in [2.75, 3.05) is 0 Å². The molecule has 2 heterocycles. The van der Waals surface area contributed by atoms with Gasteiger partial charge in [0.05, 0.1) is 9.55 Å². The van der Waals surface area contributed by atoms with Gasteiger partial charge in [-0.2, -0.15) is 9.50 Å². The summed E-state index contributed by atoms with van der Waals surface area (Å²) in [5, 5.41) is 5.76. The van der Waals surface area contributed by atoms with Crippen LogP contribution in [0.25, 0.3) is 22.4 Å². The minimum atomic E-state index is -0.276. The van der Waals surface area contributed by atoms with Crippen LogP contribution in [0.2, 0.25) is 15.1 Å². The molecule has 4 nitrogen and oxygen atoms in total. The van der Waals surface area contributed by atoms with E-state index in [2.05, 4.69) is 10.1 Å². The molecule has 25 heavy (non-hydrogen) atoms. The predicted octanol–water partition coefficient (Wildman–Crippen LogP) is 4.33. The molecular formula is C17H8Cl3N3OS. The van der Waals surface area contributed by atoms with Crippen molar-refractivity contribution in [2.45, 2.75) is 0 Å². The molecule has 2 aromatic carbocycles. The quantitative estimate of drug-likeness (QED) is 0.496. The van der Waals surface area contributed by atoms with Crippen LogP contribution in [0.4, 0.5) is 0 Å². The van der Waals surface area contributed by atoms with Gasteiger partial charge in [0.25, 0.3) is 5.56 Å². The van der Waals surface area contributed by atoms with Crippen molar-refractivity contribution in [1.82, 2.24) is 14.6 Å². The Morgan fingerprint density at radius 1 is 0.960 bits per heavy atom. The molecule has 0 aliphatic heterocycles. The van der Waals surface area contributed by atoms with Gasteiger partial charge >= 0.3 is 0 Å². The zero-order valence-corrected chi connectivity index (χ0v) is 15.5. The van der Waals surface area contributed by atoms with Gasteiger partial charge in [-0.05, 0) is 30.3 Å². The van der Waals surface area contributed by atoms with Gasteiger partial charge in [-0.15, -0.1) is 5.10 Å². The molecule has 0 bridgehead atoms. The second-order valence-electron chi connectivity index (χ2n) is 5.16. The van der Waals surface area contributed by atoms with Crippen molar-refractivity contribution in [1.29, 1.82) is 0 Å². The van der Waals surface area contributed by atoms with Crippen LogP contribution in [0.15, 0.2) is 47.3 Å². The number of hydrogen-bond donors (Lipinski definition) is 0. The summed E-state index contributed by atoms with van der Waals surface area (Å²) in [6.45, 7) is 0. The molecule has 4 rings (SSSR count). The minimum Gasteiger partial charge on any atom is -0.266 e. The highest BCUT2D eigenvalue weighted by molar-refractivity contribution is 7.15. The molecule has 0 saturated carbocycles. The first kappa shape index (κ1) is 16.5. The molecule has 124 valence electrons. The molecule has 0 saturated heterocycles. The fourth-order valence-corrected chi connectivity index (χ4v) is 3.99. The van der Waals surface area contributed by atoms with Crippen molar-refractivity contribution in [2.24, 2.45) is 0 Å². The summed E-state index contributed by atoms with van der Waals surface area (Å²) < 4.78 is 1.72. The van der Waals surface area contributed by atoms with Crippen LogP contribution >= 0.6 is 46.1 Å². The third-order valence-corrected chi connectivity index (χ3v) is 5.52. The first-order valence-electron chi connectivity index (χ1n) is 7.15. The normalized spacial score (nSPS) is 12.2. The van der Waals surface area contributed by atoms with E-state index in [1.807, 2.05) is 18.2 Å². The molecule has 0 fully saturated rings. The SMILES string of the molecule is O=c1/c(=C/c2c(Cl)cccc2Cl)sc2nc(-c3ccccc3Cl)nn12. The van der Waals surface area contributed by atoms with Crippen molar-refractivity contribution in [3.05, 3.63) is 78.0 Å². The summed E-state index contributed by atoms with van der Waals surface area (Å²) in [5.74, 6) is 0.413. The lowest BCUT2D eigenvalue weighted by atomic mass is 10.2. The van der Waals surface area contributed by atoms with Crippen LogP contribution in [0.3, 0.4) is 0 Å². The van der Waals surface area contributed by atoms with Gasteiger partial charge in [-0.3, -0.25) is 4.79 Å². The van der Waals surface area contributed by atoms with Crippen LogP contribution in [0, 0.1) is 0 Å². The molecule has 8 heteroatoms. The minimum absolute atomic E-state index is 0.276. The van der Waals surface area contributed by atoms with Crippen molar-refractivity contribution >= 4 is 57.2 Å². The van der Waals surface area contributed by atoms with Crippen LogP contribution in [-0.2, 0) is 0 Å². The summed E-state index contributed by atoms with van der Waals surface area (Å²) >= 11 is 19.7. The molecule has 0 spiro atoms. The van der Waals surface area contributed by atoms with Crippen molar-refractivity contribution in [3.63, 3.8) is 0 Å². The second-order valence-corrected chi connectivity index (χ2v) is 7.39. The molecule has 0 atom stereocenters. The predicted molar refractivity (Wildman–Crippen MR) is 103 cm³/mol. The second kappa shape index (κ2) is 6.42. The fourth-order valence-electron chi connectivity index (χ4n) is 2.37. The molecule has 0 radical (unpaired) electrons. The molecule has 0 unspecified atom stereocenters. The van der Waals surface area contributed by atoms with Gasteiger partial charge in [0.15, 0.2) is 5.82 Å². The van der Waals surface area contributed by atoms with E-state index in [9.17, 15) is 4.79 Å². The number of hydrogen-bond acceptors (Lipinski definition) is 4. The Morgan fingerprint density at radius 3 is 2.32 bits per heavy atom. The number of nitrogens with zero attached hydrogens (tertiary/aromatic N) is 3. The largest absolute Gasteiger partial charge is 0.291 e. The molecule has 0 aliphatic rings. The van der Waals surface area contributed by atoms with Gasteiger partial charge in [0.1, 0.15) is 0 Å². The van der Waals surface area contributed by atoms with E-state index in [1.165, 1.54) is 15.9 Å². The smallest absolute Gasteiger partial charge is 0.266 e. The number of benzene rings is 2. The summed E-state index contributed by atoms with van der Waals surface area (Å²) in [6, 6.07) is 12.4. The summed E-state index contributed by atoms with van der Waals surface area (Å²) in [7, 11) is 0. The highest BCUT2D eigenvalue weighted by Gasteiger charge is 2.14. The van der Waals surface area contributed by atoms with Crippen molar-refractivity contribution < 1.29 is 0 Å². The molecule has 0 N–H and O–H groups in total. The Labute approximate surface area is 160 Å². The maximum Gasteiger partial charge on any atom is 0.291 e. The lowest BCUT2D eigenvalue weighted by Gasteiger charge is -1.99. The van der Waals surface area contributed by atoms with Gasteiger partial charge < -0.3 is 0 Å². The van der Waals surface area contributed by atoms with Gasteiger partial charge in [-0.25, -0.2) is 0 Å². The maximum absolute atomic E-state index is 12.6. The first-order valence-corrected chi connectivity index (χ1v) is 9.10. The van der Waals surface area contributed by atoms with Crippen LogP contribution in [0.1, 0.15) is 5.56 Å². The molecular weight excluding hydrogens is 401 g/mol. The summed E-state index contributed by atoms with van der Waals surface area (Å²) in [5.41, 5.74) is 1.000. The first-order chi connectivity index (χ1) is 12.0. The third-order valence-electron chi connectivity index (χ3n) is 3.57. The van der Waals surface area contributed by atoms with Crippen LogP contribution < -0.4 is 10.1 Å². The Bertz CT molecular complexity index is 1200. The van der Waals surface area contributed by atoms with E-state index in [0.717, 1.165) is 0 Å². The zero-order chi connectivity index (χ0) is 17.6. The summed E-state index contributed by atoms with van der Waals surface area (Å²) in [4.78, 5) is 17.5. The zero-order valence-electron chi connectivity index (χ0n) is 12.4. The van der Waals surface area contributed by atoms with E-state index in [-0.39, 0.29) is 5.56 Å². The molecule has 0 amide bonds. The Balaban J connectivity index is 1.88. The van der Waals surface area contributed by atoms with E-state index >= 15 is 0 Å². The highest BCUT2D eigenvalue weighted by atomic mass is 35.5. The Hall–Kier alpha value is -1.92. The summed E-state index contributed by atoms with van der Waals surface area (Å²) in [6.07, 6.45) is 1.66. The standard InChI is InChI=1S/C17H8Cl3N3OS/c18-11-5-2-1-4-9(11)15-21-17-23(22-15)16(24)14(25-17)8-10-12(19)6-3-7-13(10)20/h1-8H/b14-8-. The number of rotatable bonds is 2. The highest BCUT2D eigenvalue weighted by Crippen LogP contribution is 2.26. The number of fused-ring (bicyclic) bond motifs is 1. The lowest BCUT2D eigenvalue weighted by molar-refractivity contribution is 0.937. The molecule has 2 aromatic heterocycles. The number of thiazole rings is 1. The average molecular weight is 409 g/mol. The van der Waals surface area contributed by atoms with E-state index in [1.54, 1.807) is 30.3 Å². The van der Waals surface area contributed by atoms with E-state index in [4.69, 9.17) is 34.8 Å². The Morgan fingerprint density at radius 2 is 1.64 bits per heavy atom. The topological polar surface area (TPSA) is 47.3 Å². The maximum atomic E-state index is 12.6. The average Bonchev–Trinajstić information content (AvgIpc) is 3.11. The Kier molecular flexibility index (Phi) is 4.25. The van der Waals surface area contributed by atoms with Gasteiger partial charge in [-0.1, -0.05) is 64.3 Å². The van der Waals surface area contributed by atoms with Crippen molar-refractivity contribution in [3.8, 4) is 11.4 Å². The van der Waals surface area contributed by atoms with E-state index < -0.39 is 0 Å². The lowest BCUT2D eigenvalue weighted by Crippen LogP contribution is -2.23. The molecule has 0 aliphatic carbocycles. The van der Waals surface area contributed by atoms with Crippen LogP contribution in [-0.4, -0.2) is 14.6 Å². The number of halogens is 3. The van der Waals surface area contributed by atoms with Gasteiger partial charge in [0.2, 0.25) is 4.96 Å².